The molecule has 2 aliphatic rings. The summed E-state index contributed by atoms with van der Waals surface area (Å²) in [4.78, 5) is 5.26. The number of hydrogen-bond acceptors (Lipinski definition) is 4. The van der Waals surface area contributed by atoms with Crippen molar-refractivity contribution in [1.29, 1.82) is 0 Å². The fourth-order valence-electron chi connectivity index (χ4n) is 5.63. The van der Waals surface area contributed by atoms with Crippen molar-refractivity contribution in [1.82, 2.24) is 19.6 Å². The summed E-state index contributed by atoms with van der Waals surface area (Å²) in [6.45, 7) is 5.71. The maximum atomic E-state index is 13.3. The van der Waals surface area contributed by atoms with Crippen LogP contribution in [0.5, 0.6) is 0 Å². The normalized spacial score (nSPS) is 17.9. The van der Waals surface area contributed by atoms with Gasteiger partial charge in [0.2, 0.25) is 0 Å². The fraction of sp³-hybridized carbons (Fsp3) is 0.345. The number of likely N-dealkylation sites (tertiary alicyclic amines) is 2. The molecule has 6 rings (SSSR count). The molecule has 0 aliphatic carbocycles. The summed E-state index contributed by atoms with van der Waals surface area (Å²) in [5, 5.41) is 4.79. The van der Waals surface area contributed by atoms with Crippen LogP contribution in [0.15, 0.2) is 77.7 Å². The average Bonchev–Trinajstić information content (AvgIpc) is 3.67. The largest absolute Gasteiger partial charge is 0.472 e. The maximum Gasteiger partial charge on any atom is 0.123 e. The number of piperidine rings is 1. The van der Waals surface area contributed by atoms with Gasteiger partial charge in [-0.05, 0) is 93.3 Å². The average molecular weight is 471 g/mol. The Balaban J connectivity index is 1.23. The van der Waals surface area contributed by atoms with Crippen molar-refractivity contribution in [2.24, 2.45) is 0 Å². The summed E-state index contributed by atoms with van der Waals surface area (Å²) < 4.78 is 20.7. The Morgan fingerprint density at radius 2 is 1.51 bits per heavy atom. The van der Waals surface area contributed by atoms with Crippen molar-refractivity contribution < 1.29 is 8.81 Å². The van der Waals surface area contributed by atoms with E-state index in [1.165, 1.54) is 56.5 Å². The summed E-state index contributed by atoms with van der Waals surface area (Å²) in [5.41, 5.74) is 6.36. The molecular formula is C29H31FN4O. The van der Waals surface area contributed by atoms with Crippen LogP contribution in [0.1, 0.15) is 31.2 Å². The predicted octanol–water partition coefficient (Wildman–Crippen LogP) is 6.00. The summed E-state index contributed by atoms with van der Waals surface area (Å²) in [6.07, 6.45) is 10.7. The molecule has 0 unspecified atom stereocenters. The third-order valence-corrected chi connectivity index (χ3v) is 7.54. The molecule has 4 aromatic rings. The van der Waals surface area contributed by atoms with E-state index in [1.54, 1.807) is 24.7 Å². The molecule has 4 heterocycles. The first-order chi connectivity index (χ1) is 17.2. The van der Waals surface area contributed by atoms with Gasteiger partial charge in [0.05, 0.1) is 30.1 Å². The first kappa shape index (κ1) is 22.3. The first-order valence-corrected chi connectivity index (χ1v) is 12.7. The molecule has 6 heteroatoms. The Morgan fingerprint density at radius 3 is 2.17 bits per heavy atom. The molecule has 2 aliphatic heterocycles. The molecule has 2 fully saturated rings. The quantitative estimate of drug-likeness (QED) is 0.346. The maximum absolute atomic E-state index is 13.3. The monoisotopic (exact) mass is 470 g/mol. The van der Waals surface area contributed by atoms with Crippen molar-refractivity contribution in [2.75, 3.05) is 26.2 Å². The standard InChI is InChI=1S/C29H31FN4O/c30-26-7-3-22(4-8-26)23-5-9-28(10-6-23)34-29(24-13-18-35-21-24)25(19-31-34)20-32-16-11-27(12-17-32)33-14-1-2-15-33/h3-10,13,18-19,21,27H,1-2,11-12,14-17,20H2. The van der Waals surface area contributed by atoms with Gasteiger partial charge in [-0.25, -0.2) is 9.07 Å². The van der Waals surface area contributed by atoms with Gasteiger partial charge in [0.1, 0.15) is 5.82 Å². The minimum atomic E-state index is -0.223. The Bertz CT molecular complexity index is 1230. The van der Waals surface area contributed by atoms with Crippen LogP contribution in [0, 0.1) is 5.82 Å². The van der Waals surface area contributed by atoms with E-state index in [-0.39, 0.29) is 5.82 Å². The summed E-state index contributed by atoms with van der Waals surface area (Å²) >= 11 is 0. The van der Waals surface area contributed by atoms with Crippen LogP contribution in [-0.4, -0.2) is 51.8 Å². The SMILES string of the molecule is Fc1ccc(-c2ccc(-n3ncc(CN4CCC(N5CCCC5)CC4)c3-c3ccoc3)cc2)cc1. The van der Waals surface area contributed by atoms with Crippen molar-refractivity contribution >= 4 is 0 Å². The highest BCUT2D eigenvalue weighted by Crippen LogP contribution is 2.30. The Hall–Kier alpha value is -3.22. The van der Waals surface area contributed by atoms with Gasteiger partial charge >= 0.3 is 0 Å². The van der Waals surface area contributed by atoms with Crippen LogP contribution >= 0.6 is 0 Å². The molecule has 0 N–H and O–H groups in total. The third-order valence-electron chi connectivity index (χ3n) is 7.54. The third kappa shape index (κ3) is 4.68. The van der Waals surface area contributed by atoms with E-state index < -0.39 is 0 Å². The number of halogens is 1. The van der Waals surface area contributed by atoms with Crippen LogP contribution in [-0.2, 0) is 6.54 Å². The van der Waals surface area contributed by atoms with Gasteiger partial charge in [0.25, 0.3) is 0 Å². The number of nitrogens with zero attached hydrogens (tertiary/aromatic N) is 4. The van der Waals surface area contributed by atoms with E-state index in [0.29, 0.717) is 0 Å². The van der Waals surface area contributed by atoms with E-state index in [2.05, 4.69) is 34.1 Å². The van der Waals surface area contributed by atoms with Crippen molar-refractivity contribution in [3.05, 3.63) is 84.7 Å². The van der Waals surface area contributed by atoms with Crippen LogP contribution in [0.25, 0.3) is 28.1 Å². The lowest BCUT2D eigenvalue weighted by Gasteiger charge is -2.36. The number of rotatable bonds is 6. The zero-order valence-corrected chi connectivity index (χ0v) is 19.9. The highest BCUT2D eigenvalue weighted by Gasteiger charge is 2.27. The minimum Gasteiger partial charge on any atom is -0.472 e. The molecule has 0 bridgehead atoms. The highest BCUT2D eigenvalue weighted by atomic mass is 19.1. The molecule has 0 amide bonds. The first-order valence-electron chi connectivity index (χ1n) is 12.7. The molecule has 35 heavy (non-hydrogen) atoms. The van der Waals surface area contributed by atoms with Gasteiger partial charge in [-0.1, -0.05) is 24.3 Å². The van der Waals surface area contributed by atoms with Crippen LogP contribution in [0.3, 0.4) is 0 Å². The van der Waals surface area contributed by atoms with E-state index in [9.17, 15) is 4.39 Å². The van der Waals surface area contributed by atoms with Crippen LogP contribution in [0.2, 0.25) is 0 Å². The van der Waals surface area contributed by atoms with Gasteiger partial charge in [-0.2, -0.15) is 5.10 Å². The Morgan fingerprint density at radius 1 is 0.829 bits per heavy atom. The van der Waals surface area contributed by atoms with Crippen LogP contribution in [0.4, 0.5) is 4.39 Å². The molecule has 2 aromatic heterocycles. The second-order valence-electron chi connectivity index (χ2n) is 9.75. The molecule has 2 saturated heterocycles. The minimum absolute atomic E-state index is 0.223. The molecule has 5 nitrogen and oxygen atoms in total. The van der Waals surface area contributed by atoms with E-state index in [1.807, 2.05) is 16.9 Å². The Kier molecular flexibility index (Phi) is 6.23. The molecule has 0 atom stereocenters. The number of hydrogen-bond donors (Lipinski definition) is 0. The summed E-state index contributed by atoms with van der Waals surface area (Å²) in [6, 6.07) is 17.6. The van der Waals surface area contributed by atoms with E-state index >= 15 is 0 Å². The second kappa shape index (κ2) is 9.80. The molecule has 2 aromatic carbocycles. The lowest BCUT2D eigenvalue weighted by molar-refractivity contribution is 0.123. The lowest BCUT2D eigenvalue weighted by Crippen LogP contribution is -2.43. The molecule has 0 radical (unpaired) electrons. The van der Waals surface area contributed by atoms with Crippen molar-refractivity contribution in [2.45, 2.75) is 38.3 Å². The zero-order chi connectivity index (χ0) is 23.6. The van der Waals surface area contributed by atoms with Gasteiger partial charge in [0, 0.05) is 23.7 Å². The number of benzene rings is 2. The van der Waals surface area contributed by atoms with Gasteiger partial charge in [-0.3, -0.25) is 4.90 Å². The topological polar surface area (TPSA) is 37.4 Å². The van der Waals surface area contributed by atoms with Crippen molar-refractivity contribution in [3.8, 4) is 28.1 Å². The van der Waals surface area contributed by atoms with Gasteiger partial charge < -0.3 is 9.32 Å². The van der Waals surface area contributed by atoms with Gasteiger partial charge in [0.15, 0.2) is 0 Å². The molecule has 0 saturated carbocycles. The predicted molar refractivity (Wildman–Crippen MR) is 136 cm³/mol. The number of furan rings is 1. The summed E-state index contributed by atoms with van der Waals surface area (Å²) in [7, 11) is 0. The molecule has 180 valence electrons. The lowest BCUT2D eigenvalue weighted by atomic mass is 10.0. The van der Waals surface area contributed by atoms with Crippen molar-refractivity contribution in [3.63, 3.8) is 0 Å². The summed E-state index contributed by atoms with van der Waals surface area (Å²) in [5.74, 6) is -0.223. The Labute approximate surface area is 205 Å². The highest BCUT2D eigenvalue weighted by molar-refractivity contribution is 5.67. The molecular weight excluding hydrogens is 439 g/mol. The zero-order valence-electron chi connectivity index (χ0n) is 19.9. The molecule has 0 spiro atoms. The van der Waals surface area contributed by atoms with E-state index in [4.69, 9.17) is 9.52 Å². The van der Waals surface area contributed by atoms with Gasteiger partial charge in [-0.15, -0.1) is 0 Å². The second-order valence-corrected chi connectivity index (χ2v) is 9.75. The van der Waals surface area contributed by atoms with E-state index in [0.717, 1.165) is 53.7 Å². The number of aromatic nitrogens is 2. The smallest absolute Gasteiger partial charge is 0.123 e. The fourth-order valence-corrected chi connectivity index (χ4v) is 5.63. The van der Waals surface area contributed by atoms with Crippen LogP contribution < -0.4 is 0 Å².